The molecule has 3 rings (SSSR count). The average molecular weight is 333 g/mol. The van der Waals surface area contributed by atoms with Gasteiger partial charge in [0.15, 0.2) is 5.96 Å². The first kappa shape index (κ1) is 17.3. The summed E-state index contributed by atoms with van der Waals surface area (Å²) in [4.78, 5) is 11.5. The van der Waals surface area contributed by atoms with Crippen molar-refractivity contribution in [3.05, 3.63) is 18.7 Å². The average Bonchev–Trinajstić information content (AvgIpc) is 3.14. The fourth-order valence-corrected chi connectivity index (χ4v) is 3.66. The highest BCUT2D eigenvalue weighted by Crippen LogP contribution is 2.27. The Kier molecular flexibility index (Phi) is 6.12. The minimum Gasteiger partial charge on any atom is -0.376 e. The number of nitrogens with one attached hydrogen (secondary N) is 1. The van der Waals surface area contributed by atoms with Gasteiger partial charge in [0.2, 0.25) is 0 Å². The first-order valence-electron chi connectivity index (χ1n) is 9.40. The van der Waals surface area contributed by atoms with Gasteiger partial charge >= 0.3 is 0 Å². The number of ether oxygens (including phenoxy) is 1. The second-order valence-corrected chi connectivity index (χ2v) is 6.97. The van der Waals surface area contributed by atoms with Gasteiger partial charge in [-0.15, -0.1) is 0 Å². The van der Waals surface area contributed by atoms with E-state index in [-0.39, 0.29) is 0 Å². The zero-order chi connectivity index (χ0) is 16.8. The van der Waals surface area contributed by atoms with E-state index in [2.05, 4.69) is 39.8 Å². The van der Waals surface area contributed by atoms with Crippen LogP contribution in [0.3, 0.4) is 0 Å². The van der Waals surface area contributed by atoms with Gasteiger partial charge < -0.3 is 19.5 Å². The molecule has 0 amide bonds. The van der Waals surface area contributed by atoms with Crippen LogP contribution in [0.1, 0.15) is 45.6 Å². The molecular formula is C18H31N5O. The van der Waals surface area contributed by atoms with Crippen LogP contribution < -0.4 is 5.32 Å². The van der Waals surface area contributed by atoms with E-state index in [1.54, 1.807) is 0 Å². The zero-order valence-electron chi connectivity index (χ0n) is 15.0. The fourth-order valence-electron chi connectivity index (χ4n) is 3.66. The van der Waals surface area contributed by atoms with Crippen LogP contribution in [0.2, 0.25) is 0 Å². The second kappa shape index (κ2) is 8.51. The first-order valence-corrected chi connectivity index (χ1v) is 9.40. The highest BCUT2D eigenvalue weighted by Gasteiger charge is 2.29. The Bertz CT molecular complexity index is 509. The number of hydrogen-bond donors (Lipinski definition) is 1. The number of piperidine rings is 1. The van der Waals surface area contributed by atoms with Crippen LogP contribution in [0.5, 0.6) is 0 Å². The van der Waals surface area contributed by atoms with Crippen molar-refractivity contribution in [2.45, 2.75) is 51.7 Å². The summed E-state index contributed by atoms with van der Waals surface area (Å²) in [7, 11) is 0. The molecule has 3 heterocycles. The van der Waals surface area contributed by atoms with Crippen LogP contribution in [0, 0.1) is 5.92 Å². The fraction of sp³-hybridized carbons (Fsp3) is 0.778. The molecule has 2 aliphatic rings. The SMILES string of the molecule is CCNC(=NCC1CCCCO1)N1CCC(C)C(n2ccnc2)C1. The van der Waals surface area contributed by atoms with Gasteiger partial charge in [0.25, 0.3) is 0 Å². The molecular weight excluding hydrogens is 302 g/mol. The highest BCUT2D eigenvalue weighted by molar-refractivity contribution is 5.80. The predicted molar refractivity (Wildman–Crippen MR) is 96.2 cm³/mol. The van der Waals surface area contributed by atoms with Gasteiger partial charge in [-0.1, -0.05) is 6.92 Å². The van der Waals surface area contributed by atoms with Gasteiger partial charge in [-0.25, -0.2) is 4.98 Å². The van der Waals surface area contributed by atoms with Crippen molar-refractivity contribution in [1.29, 1.82) is 0 Å². The summed E-state index contributed by atoms with van der Waals surface area (Å²) in [5, 5.41) is 3.47. The molecule has 3 unspecified atom stereocenters. The maximum Gasteiger partial charge on any atom is 0.194 e. The van der Waals surface area contributed by atoms with Gasteiger partial charge in [-0.05, 0) is 38.5 Å². The lowest BCUT2D eigenvalue weighted by atomic mass is 9.93. The van der Waals surface area contributed by atoms with Crippen LogP contribution in [0.25, 0.3) is 0 Å². The number of nitrogens with zero attached hydrogens (tertiary/aromatic N) is 4. The number of likely N-dealkylation sites (tertiary alicyclic amines) is 1. The second-order valence-electron chi connectivity index (χ2n) is 6.97. The summed E-state index contributed by atoms with van der Waals surface area (Å²) in [6.07, 6.45) is 10.9. The Balaban J connectivity index is 1.65. The number of rotatable bonds is 4. The number of aromatic nitrogens is 2. The van der Waals surface area contributed by atoms with Crippen molar-refractivity contribution in [2.24, 2.45) is 10.9 Å². The van der Waals surface area contributed by atoms with Gasteiger partial charge in [-0.2, -0.15) is 0 Å². The minimum absolute atomic E-state index is 0.292. The molecule has 24 heavy (non-hydrogen) atoms. The Morgan fingerprint density at radius 3 is 3.00 bits per heavy atom. The number of imidazole rings is 1. The van der Waals surface area contributed by atoms with E-state index in [9.17, 15) is 0 Å². The Morgan fingerprint density at radius 1 is 1.38 bits per heavy atom. The summed E-state index contributed by atoms with van der Waals surface area (Å²) >= 11 is 0. The molecule has 2 fully saturated rings. The molecule has 2 saturated heterocycles. The molecule has 0 spiro atoms. The quantitative estimate of drug-likeness (QED) is 0.678. The van der Waals surface area contributed by atoms with E-state index in [0.717, 1.165) is 45.2 Å². The molecule has 6 heteroatoms. The van der Waals surface area contributed by atoms with E-state index < -0.39 is 0 Å². The molecule has 1 N–H and O–H groups in total. The number of guanidine groups is 1. The lowest BCUT2D eigenvalue weighted by molar-refractivity contribution is 0.0222. The van der Waals surface area contributed by atoms with Crippen LogP contribution in [0.15, 0.2) is 23.7 Å². The van der Waals surface area contributed by atoms with Crippen LogP contribution in [-0.4, -0.2) is 59.3 Å². The van der Waals surface area contributed by atoms with Gasteiger partial charge in [0.1, 0.15) is 0 Å². The number of aliphatic imine (C=N–C) groups is 1. The molecule has 0 bridgehead atoms. The summed E-state index contributed by atoms with van der Waals surface area (Å²) in [6.45, 7) is 9.06. The molecule has 3 atom stereocenters. The summed E-state index contributed by atoms with van der Waals surface area (Å²) in [6, 6.07) is 0.455. The third-order valence-electron chi connectivity index (χ3n) is 5.18. The van der Waals surface area contributed by atoms with E-state index in [1.807, 2.05) is 12.5 Å². The minimum atomic E-state index is 0.292. The van der Waals surface area contributed by atoms with E-state index in [4.69, 9.17) is 9.73 Å². The van der Waals surface area contributed by atoms with Crippen LogP contribution in [-0.2, 0) is 4.74 Å². The van der Waals surface area contributed by atoms with Gasteiger partial charge in [0.05, 0.1) is 25.0 Å². The van der Waals surface area contributed by atoms with E-state index >= 15 is 0 Å². The monoisotopic (exact) mass is 333 g/mol. The topological polar surface area (TPSA) is 54.7 Å². The van der Waals surface area contributed by atoms with Crippen molar-refractivity contribution >= 4 is 5.96 Å². The van der Waals surface area contributed by atoms with Crippen molar-refractivity contribution < 1.29 is 4.74 Å². The van der Waals surface area contributed by atoms with Gasteiger partial charge in [0, 0.05) is 38.6 Å². The van der Waals surface area contributed by atoms with Crippen molar-refractivity contribution in [1.82, 2.24) is 19.8 Å². The molecule has 1 aromatic rings. The molecule has 0 radical (unpaired) electrons. The van der Waals surface area contributed by atoms with Crippen LogP contribution >= 0.6 is 0 Å². The predicted octanol–water partition coefficient (Wildman–Crippen LogP) is 2.30. The summed E-state index contributed by atoms with van der Waals surface area (Å²) in [5.74, 6) is 1.68. The molecule has 1 aromatic heterocycles. The summed E-state index contributed by atoms with van der Waals surface area (Å²) < 4.78 is 8.07. The lowest BCUT2D eigenvalue weighted by Gasteiger charge is -2.39. The maximum absolute atomic E-state index is 5.83. The lowest BCUT2D eigenvalue weighted by Crippen LogP contribution is -2.49. The highest BCUT2D eigenvalue weighted by atomic mass is 16.5. The van der Waals surface area contributed by atoms with E-state index in [0.29, 0.717) is 18.1 Å². The zero-order valence-corrected chi connectivity index (χ0v) is 15.0. The molecule has 0 aliphatic carbocycles. The van der Waals surface area contributed by atoms with Crippen molar-refractivity contribution in [2.75, 3.05) is 32.8 Å². The third-order valence-corrected chi connectivity index (χ3v) is 5.18. The first-order chi connectivity index (χ1) is 11.8. The Labute approximate surface area is 145 Å². The molecule has 0 saturated carbocycles. The Hall–Kier alpha value is -1.56. The smallest absolute Gasteiger partial charge is 0.194 e. The van der Waals surface area contributed by atoms with Gasteiger partial charge in [-0.3, -0.25) is 4.99 Å². The third kappa shape index (κ3) is 4.29. The van der Waals surface area contributed by atoms with Crippen molar-refractivity contribution in [3.8, 4) is 0 Å². The maximum atomic E-state index is 5.83. The molecule has 134 valence electrons. The largest absolute Gasteiger partial charge is 0.376 e. The number of hydrogen-bond acceptors (Lipinski definition) is 3. The normalized spacial score (nSPS) is 28.8. The molecule has 2 aliphatic heterocycles. The van der Waals surface area contributed by atoms with Crippen LogP contribution in [0.4, 0.5) is 0 Å². The molecule has 6 nitrogen and oxygen atoms in total. The standard InChI is InChI=1S/C18H31N5O/c1-3-20-18(21-12-16-6-4-5-11-24-16)22-9-7-15(2)17(13-22)23-10-8-19-14-23/h8,10,14-17H,3-7,9,11-13H2,1-2H3,(H,20,21). The molecule has 0 aromatic carbocycles. The van der Waals surface area contributed by atoms with Crippen molar-refractivity contribution in [3.63, 3.8) is 0 Å². The summed E-state index contributed by atoms with van der Waals surface area (Å²) in [5.41, 5.74) is 0. The van der Waals surface area contributed by atoms with E-state index in [1.165, 1.54) is 19.3 Å². The Morgan fingerprint density at radius 2 is 2.29 bits per heavy atom.